The van der Waals surface area contributed by atoms with E-state index in [0.717, 1.165) is 28.8 Å². The molecule has 0 aliphatic carbocycles. The van der Waals surface area contributed by atoms with Gasteiger partial charge in [0, 0.05) is 30.2 Å². The fourth-order valence-corrected chi connectivity index (χ4v) is 5.38. The van der Waals surface area contributed by atoms with Crippen LogP contribution in [0.5, 0.6) is 5.75 Å². The van der Waals surface area contributed by atoms with E-state index < -0.39 is 0 Å². The summed E-state index contributed by atoms with van der Waals surface area (Å²) in [5.41, 5.74) is 3.80. The maximum atomic E-state index is 12.5. The van der Waals surface area contributed by atoms with Crippen molar-refractivity contribution in [2.24, 2.45) is 0 Å². The number of thioether (sulfide) groups is 1. The quantitative estimate of drug-likeness (QED) is 0.301. The Morgan fingerprint density at radius 1 is 1.18 bits per heavy atom. The molecule has 0 unspecified atom stereocenters. The smallest absolute Gasteiger partial charge is 0.230 e. The molecule has 0 aliphatic heterocycles. The number of carbonyl (C=O) groups excluding carboxylic acids is 1. The molecule has 170 valence electrons. The number of rotatable bonds is 8. The third kappa shape index (κ3) is 4.94. The number of amides is 1. The lowest BCUT2D eigenvalue weighted by Crippen LogP contribution is -2.23. The molecule has 2 aromatic heterocycles. The average molecular weight is 480 g/mol. The second-order valence-electron chi connectivity index (χ2n) is 7.36. The second-order valence-corrected chi connectivity index (χ2v) is 9.14. The van der Waals surface area contributed by atoms with Crippen molar-refractivity contribution in [2.45, 2.75) is 38.2 Å². The maximum Gasteiger partial charge on any atom is 0.230 e. The molecule has 0 spiro atoms. The van der Waals surface area contributed by atoms with E-state index in [4.69, 9.17) is 9.72 Å². The zero-order chi connectivity index (χ0) is 23.4. The van der Waals surface area contributed by atoms with Crippen molar-refractivity contribution in [3.05, 3.63) is 65.2 Å². The highest BCUT2D eigenvalue weighted by Gasteiger charge is 2.21. The Kier molecular flexibility index (Phi) is 7.10. The molecule has 0 saturated carbocycles. The second kappa shape index (κ2) is 10.2. The van der Waals surface area contributed by atoms with Crippen molar-refractivity contribution < 1.29 is 9.53 Å². The van der Waals surface area contributed by atoms with Crippen molar-refractivity contribution in [1.29, 1.82) is 0 Å². The van der Waals surface area contributed by atoms with Gasteiger partial charge in [0.2, 0.25) is 5.91 Å². The van der Waals surface area contributed by atoms with Gasteiger partial charge in [0.05, 0.1) is 18.5 Å². The largest absolute Gasteiger partial charge is 0.495 e. The highest BCUT2D eigenvalue weighted by molar-refractivity contribution is 7.98. The minimum Gasteiger partial charge on any atom is -0.495 e. The van der Waals surface area contributed by atoms with Gasteiger partial charge in [-0.2, -0.15) is 0 Å². The summed E-state index contributed by atoms with van der Waals surface area (Å²) in [5, 5.41) is 12.3. The van der Waals surface area contributed by atoms with Crippen LogP contribution < -0.4 is 9.64 Å². The summed E-state index contributed by atoms with van der Waals surface area (Å²) in [6.45, 7) is 6.46. The Morgan fingerprint density at radius 2 is 2.00 bits per heavy atom. The number of para-hydroxylation sites is 2. The molecule has 0 radical (unpaired) electrons. The van der Waals surface area contributed by atoms with Gasteiger partial charge in [0.25, 0.3) is 0 Å². The topological polar surface area (TPSA) is 73.1 Å². The number of nitrogens with zero attached hydrogens (tertiary/aromatic N) is 5. The number of carbonyl (C=O) groups is 1. The highest BCUT2D eigenvalue weighted by atomic mass is 32.2. The number of anilines is 2. The summed E-state index contributed by atoms with van der Waals surface area (Å²) >= 11 is 3.02. The summed E-state index contributed by atoms with van der Waals surface area (Å²) in [7, 11) is 1.59. The van der Waals surface area contributed by atoms with E-state index in [1.807, 2.05) is 35.7 Å². The average Bonchev–Trinajstić information content (AvgIpc) is 3.44. The van der Waals surface area contributed by atoms with Crippen LogP contribution in [0.15, 0.2) is 59.1 Å². The maximum absolute atomic E-state index is 12.5. The van der Waals surface area contributed by atoms with Crippen molar-refractivity contribution in [3.8, 4) is 17.1 Å². The number of hydrogen-bond acceptors (Lipinski definition) is 7. The summed E-state index contributed by atoms with van der Waals surface area (Å²) in [5.74, 6) is 1.99. The SMILES string of the molecule is CCn1c(SCc2csc(N(C(C)=O)c3ccccc3OC)n2)nnc1-c1cccc(C)c1. The van der Waals surface area contributed by atoms with Crippen LogP contribution in [0.4, 0.5) is 10.8 Å². The Bertz CT molecular complexity index is 1270. The highest BCUT2D eigenvalue weighted by Crippen LogP contribution is 2.36. The molecular weight excluding hydrogens is 454 g/mol. The molecule has 2 heterocycles. The Balaban J connectivity index is 1.54. The first kappa shape index (κ1) is 23.0. The Morgan fingerprint density at radius 3 is 2.73 bits per heavy atom. The van der Waals surface area contributed by atoms with E-state index in [1.165, 1.54) is 23.8 Å². The molecule has 9 heteroatoms. The zero-order valence-electron chi connectivity index (χ0n) is 19.0. The van der Waals surface area contributed by atoms with Gasteiger partial charge in [-0.3, -0.25) is 9.69 Å². The number of aromatic nitrogens is 4. The van der Waals surface area contributed by atoms with Crippen LogP contribution in [0, 0.1) is 6.92 Å². The molecule has 0 N–H and O–H groups in total. The fourth-order valence-electron chi connectivity index (χ4n) is 3.50. The van der Waals surface area contributed by atoms with Crippen LogP contribution in [0.25, 0.3) is 11.4 Å². The first-order chi connectivity index (χ1) is 16.0. The molecule has 0 aliphatic rings. The van der Waals surface area contributed by atoms with Crippen LogP contribution in [0.2, 0.25) is 0 Å². The Hall–Kier alpha value is -3.17. The summed E-state index contributed by atoms with van der Waals surface area (Å²) in [4.78, 5) is 18.8. The number of hydrogen-bond donors (Lipinski definition) is 0. The third-order valence-electron chi connectivity index (χ3n) is 5.03. The lowest BCUT2D eigenvalue weighted by atomic mass is 10.1. The fraction of sp³-hybridized carbons (Fsp3) is 0.250. The zero-order valence-corrected chi connectivity index (χ0v) is 20.6. The molecule has 7 nitrogen and oxygen atoms in total. The predicted octanol–water partition coefficient (Wildman–Crippen LogP) is 5.72. The first-order valence-corrected chi connectivity index (χ1v) is 12.4. The van der Waals surface area contributed by atoms with E-state index in [1.54, 1.807) is 23.8 Å². The molecule has 33 heavy (non-hydrogen) atoms. The standard InChI is InChI=1S/C24H25N5O2S2/c1-5-28-22(18-10-8-9-16(2)13-18)26-27-24(28)33-15-19-14-32-23(25-19)29(17(3)30)20-11-6-7-12-21(20)31-4/h6-14H,5,15H2,1-4H3. The van der Waals surface area contributed by atoms with Crippen molar-refractivity contribution in [1.82, 2.24) is 19.7 Å². The van der Waals surface area contributed by atoms with Gasteiger partial charge in [-0.15, -0.1) is 21.5 Å². The number of thiazole rings is 1. The number of ether oxygens (including phenoxy) is 1. The van der Waals surface area contributed by atoms with Crippen LogP contribution in [-0.4, -0.2) is 32.8 Å². The van der Waals surface area contributed by atoms with E-state index >= 15 is 0 Å². The van der Waals surface area contributed by atoms with Gasteiger partial charge >= 0.3 is 0 Å². The molecule has 0 fully saturated rings. The van der Waals surface area contributed by atoms with Crippen LogP contribution in [0.3, 0.4) is 0 Å². The van der Waals surface area contributed by atoms with Gasteiger partial charge in [-0.25, -0.2) is 4.98 Å². The predicted molar refractivity (Wildman–Crippen MR) is 133 cm³/mol. The van der Waals surface area contributed by atoms with Gasteiger partial charge in [-0.05, 0) is 32.0 Å². The number of methoxy groups -OCH3 is 1. The molecule has 4 aromatic rings. The molecule has 0 atom stereocenters. The van der Waals surface area contributed by atoms with Crippen molar-refractivity contribution in [3.63, 3.8) is 0 Å². The minimum absolute atomic E-state index is 0.124. The van der Waals surface area contributed by atoms with Crippen molar-refractivity contribution in [2.75, 3.05) is 12.0 Å². The van der Waals surface area contributed by atoms with E-state index in [-0.39, 0.29) is 5.91 Å². The van der Waals surface area contributed by atoms with Gasteiger partial charge in [0.1, 0.15) is 5.75 Å². The molecular formula is C24H25N5O2S2. The third-order valence-corrected chi connectivity index (χ3v) is 6.91. The molecule has 0 bridgehead atoms. The van der Waals surface area contributed by atoms with E-state index in [2.05, 4.69) is 46.8 Å². The molecule has 2 aromatic carbocycles. The summed E-state index contributed by atoms with van der Waals surface area (Å²) in [6, 6.07) is 15.7. The molecule has 4 rings (SSSR count). The van der Waals surface area contributed by atoms with E-state index in [0.29, 0.717) is 22.3 Å². The van der Waals surface area contributed by atoms with Crippen LogP contribution in [0.1, 0.15) is 25.1 Å². The summed E-state index contributed by atoms with van der Waals surface area (Å²) < 4.78 is 7.56. The van der Waals surface area contributed by atoms with E-state index in [9.17, 15) is 4.79 Å². The van der Waals surface area contributed by atoms with Gasteiger partial charge in [0.15, 0.2) is 16.1 Å². The van der Waals surface area contributed by atoms with Crippen LogP contribution >= 0.6 is 23.1 Å². The first-order valence-electron chi connectivity index (χ1n) is 10.5. The lowest BCUT2D eigenvalue weighted by Gasteiger charge is -2.20. The lowest BCUT2D eigenvalue weighted by molar-refractivity contribution is -0.115. The minimum atomic E-state index is -0.124. The monoisotopic (exact) mass is 479 g/mol. The normalized spacial score (nSPS) is 10.9. The van der Waals surface area contributed by atoms with Crippen LogP contribution in [-0.2, 0) is 17.1 Å². The number of benzene rings is 2. The van der Waals surface area contributed by atoms with Gasteiger partial charge in [-0.1, -0.05) is 47.7 Å². The molecule has 1 amide bonds. The van der Waals surface area contributed by atoms with Crippen molar-refractivity contribution >= 4 is 39.8 Å². The molecule has 0 saturated heterocycles. The summed E-state index contributed by atoms with van der Waals surface area (Å²) in [6.07, 6.45) is 0. The van der Waals surface area contributed by atoms with Gasteiger partial charge < -0.3 is 9.30 Å². The Labute approximate surface area is 201 Å². The number of aryl methyl sites for hydroxylation is 1.